The highest BCUT2D eigenvalue weighted by molar-refractivity contribution is 5.27. The van der Waals surface area contributed by atoms with E-state index in [0.717, 1.165) is 6.42 Å². The molecule has 0 aromatic rings. The first-order chi connectivity index (χ1) is 11.1. The second kappa shape index (κ2) is 10.3. The lowest BCUT2D eigenvalue weighted by Gasteiger charge is -2.29. The Balaban J connectivity index is 0.00000254. The molecule has 0 saturated carbocycles. The van der Waals surface area contributed by atoms with E-state index in [1.165, 1.54) is 17.1 Å². The Bertz CT molecular complexity index is 433. The van der Waals surface area contributed by atoms with E-state index < -0.39 is 0 Å². The van der Waals surface area contributed by atoms with Crippen molar-refractivity contribution in [3.63, 3.8) is 0 Å². The van der Waals surface area contributed by atoms with Gasteiger partial charge in [-0.2, -0.15) is 0 Å². The largest absolute Gasteiger partial charge is 0.466 e. The second-order valence-electron chi connectivity index (χ2n) is 8.48. The van der Waals surface area contributed by atoms with Crippen molar-refractivity contribution in [3.8, 4) is 0 Å². The average Bonchev–Trinajstić information content (AvgIpc) is 2.66. The molecule has 1 rings (SSSR count). The molecule has 0 radical (unpaired) electrons. The van der Waals surface area contributed by atoms with Crippen LogP contribution in [0.2, 0.25) is 0 Å². The minimum atomic E-state index is 0.443. The predicted octanol–water partition coefficient (Wildman–Crippen LogP) is 7.84. The molecule has 1 aliphatic rings. The van der Waals surface area contributed by atoms with Crippen LogP contribution < -0.4 is 0 Å². The van der Waals surface area contributed by atoms with Gasteiger partial charge in [0.2, 0.25) is 0 Å². The SMILES string of the molecule is CC.CC(C)C1=C(C(C)C)OC(C(C)C)=C(C(C)C)C(C(C)C)C1. The molecule has 0 aliphatic carbocycles. The van der Waals surface area contributed by atoms with Gasteiger partial charge in [-0.3, -0.25) is 0 Å². The van der Waals surface area contributed by atoms with E-state index in [9.17, 15) is 0 Å². The zero-order chi connectivity index (χ0) is 19.2. The minimum Gasteiger partial charge on any atom is -0.466 e. The van der Waals surface area contributed by atoms with Crippen molar-refractivity contribution in [2.75, 3.05) is 0 Å². The lowest BCUT2D eigenvalue weighted by Crippen LogP contribution is -2.19. The lowest BCUT2D eigenvalue weighted by molar-refractivity contribution is 0.221. The van der Waals surface area contributed by atoms with Gasteiger partial charge >= 0.3 is 0 Å². The molecule has 1 unspecified atom stereocenters. The van der Waals surface area contributed by atoms with Gasteiger partial charge in [-0.1, -0.05) is 83.1 Å². The molecule has 0 saturated heterocycles. The van der Waals surface area contributed by atoms with Gasteiger partial charge in [0.15, 0.2) is 0 Å². The van der Waals surface area contributed by atoms with E-state index in [-0.39, 0.29) is 0 Å². The van der Waals surface area contributed by atoms with Crippen LogP contribution in [-0.4, -0.2) is 0 Å². The molecule has 24 heavy (non-hydrogen) atoms. The van der Waals surface area contributed by atoms with E-state index in [2.05, 4.69) is 69.2 Å². The Labute approximate surface area is 153 Å². The fourth-order valence-electron chi connectivity index (χ4n) is 3.64. The Morgan fingerprint density at radius 1 is 0.667 bits per heavy atom. The molecular weight excluding hydrogens is 292 g/mol. The van der Waals surface area contributed by atoms with E-state index >= 15 is 0 Å². The van der Waals surface area contributed by atoms with Crippen molar-refractivity contribution < 1.29 is 4.74 Å². The zero-order valence-corrected chi connectivity index (χ0v) is 18.6. The van der Waals surface area contributed by atoms with Gasteiger partial charge in [-0.05, 0) is 41.2 Å². The van der Waals surface area contributed by atoms with Crippen molar-refractivity contribution in [1.29, 1.82) is 0 Å². The maximum absolute atomic E-state index is 6.62. The molecule has 1 heteroatoms. The summed E-state index contributed by atoms with van der Waals surface area (Å²) < 4.78 is 6.62. The summed E-state index contributed by atoms with van der Waals surface area (Å²) in [6.07, 6.45) is 1.16. The highest BCUT2D eigenvalue weighted by Crippen LogP contribution is 2.43. The molecule has 1 nitrogen and oxygen atoms in total. The summed E-state index contributed by atoms with van der Waals surface area (Å²) in [6, 6.07) is 0. The molecule has 0 aromatic heterocycles. The maximum atomic E-state index is 6.62. The number of ether oxygens (including phenoxy) is 1. The molecule has 0 aromatic carbocycles. The van der Waals surface area contributed by atoms with Crippen LogP contribution in [0.5, 0.6) is 0 Å². The molecule has 0 bridgehead atoms. The van der Waals surface area contributed by atoms with Crippen molar-refractivity contribution in [2.24, 2.45) is 35.5 Å². The van der Waals surface area contributed by atoms with Crippen molar-refractivity contribution in [3.05, 3.63) is 22.7 Å². The highest BCUT2D eigenvalue weighted by Gasteiger charge is 2.33. The fraction of sp³-hybridized carbons (Fsp3) is 0.826. The lowest BCUT2D eigenvalue weighted by atomic mass is 9.75. The Hall–Kier alpha value is -0.720. The fourth-order valence-corrected chi connectivity index (χ4v) is 3.64. The molecule has 0 amide bonds. The summed E-state index contributed by atoms with van der Waals surface area (Å²) in [5.41, 5.74) is 3.08. The summed E-state index contributed by atoms with van der Waals surface area (Å²) in [5, 5.41) is 0. The van der Waals surface area contributed by atoms with Gasteiger partial charge < -0.3 is 4.74 Å². The van der Waals surface area contributed by atoms with Gasteiger partial charge in [-0.25, -0.2) is 0 Å². The van der Waals surface area contributed by atoms with E-state index in [1.54, 1.807) is 5.57 Å². The van der Waals surface area contributed by atoms with E-state index in [0.29, 0.717) is 35.5 Å². The molecule has 1 heterocycles. The van der Waals surface area contributed by atoms with Gasteiger partial charge in [-0.15, -0.1) is 0 Å². The van der Waals surface area contributed by atoms with Crippen LogP contribution in [0.1, 0.15) is 89.5 Å². The molecule has 142 valence electrons. The number of allylic oxidation sites excluding steroid dienone is 4. The molecule has 0 spiro atoms. The quantitative estimate of drug-likeness (QED) is 0.497. The molecule has 0 N–H and O–H groups in total. The Morgan fingerprint density at radius 2 is 1.12 bits per heavy atom. The molecule has 0 fully saturated rings. The van der Waals surface area contributed by atoms with Crippen LogP contribution in [0, 0.1) is 35.5 Å². The third-order valence-corrected chi connectivity index (χ3v) is 4.83. The van der Waals surface area contributed by atoms with Crippen LogP contribution in [0.4, 0.5) is 0 Å². The van der Waals surface area contributed by atoms with Crippen molar-refractivity contribution in [2.45, 2.75) is 89.5 Å². The third-order valence-electron chi connectivity index (χ3n) is 4.83. The maximum Gasteiger partial charge on any atom is 0.106 e. The summed E-state index contributed by atoms with van der Waals surface area (Å²) in [5.74, 6) is 5.72. The standard InChI is InChI=1S/C21H38O.C2H6/c1-12(2)17-11-18(13(3)4)20(15(7)8)22-21(16(9)10)19(17)14(5)6;1-2/h12-17H,11H2,1-10H3;1-2H3. The Morgan fingerprint density at radius 3 is 1.42 bits per heavy atom. The predicted molar refractivity (Wildman–Crippen MR) is 109 cm³/mol. The van der Waals surface area contributed by atoms with Crippen LogP contribution in [0.3, 0.4) is 0 Å². The van der Waals surface area contributed by atoms with Crippen molar-refractivity contribution >= 4 is 0 Å². The first-order valence-electron chi connectivity index (χ1n) is 10.2. The number of rotatable bonds is 5. The Kier molecular flexibility index (Phi) is 10.0. The molecule has 1 atom stereocenters. The summed E-state index contributed by atoms with van der Waals surface area (Å²) >= 11 is 0. The zero-order valence-electron chi connectivity index (χ0n) is 18.6. The van der Waals surface area contributed by atoms with Gasteiger partial charge in [0.1, 0.15) is 11.5 Å². The normalized spacial score (nSPS) is 19.3. The topological polar surface area (TPSA) is 9.23 Å². The van der Waals surface area contributed by atoms with Gasteiger partial charge in [0.05, 0.1) is 0 Å². The third kappa shape index (κ3) is 5.67. The molecule has 1 aliphatic heterocycles. The van der Waals surface area contributed by atoms with Crippen LogP contribution in [0.15, 0.2) is 22.7 Å². The summed E-state index contributed by atoms with van der Waals surface area (Å²) in [6.45, 7) is 27.1. The van der Waals surface area contributed by atoms with Crippen LogP contribution in [0.25, 0.3) is 0 Å². The smallest absolute Gasteiger partial charge is 0.106 e. The van der Waals surface area contributed by atoms with Crippen LogP contribution >= 0.6 is 0 Å². The van der Waals surface area contributed by atoms with Gasteiger partial charge in [0.25, 0.3) is 0 Å². The van der Waals surface area contributed by atoms with Crippen molar-refractivity contribution in [1.82, 2.24) is 0 Å². The number of hydrogen-bond acceptors (Lipinski definition) is 1. The van der Waals surface area contributed by atoms with E-state index in [4.69, 9.17) is 4.74 Å². The first kappa shape index (κ1) is 23.3. The summed E-state index contributed by atoms with van der Waals surface area (Å²) in [4.78, 5) is 0. The van der Waals surface area contributed by atoms with E-state index in [1.807, 2.05) is 13.8 Å². The van der Waals surface area contributed by atoms with Crippen LogP contribution in [-0.2, 0) is 4.74 Å². The summed E-state index contributed by atoms with van der Waals surface area (Å²) in [7, 11) is 0. The number of hydrogen-bond donors (Lipinski definition) is 0. The minimum absolute atomic E-state index is 0.443. The highest BCUT2D eigenvalue weighted by atomic mass is 16.5. The average molecular weight is 337 g/mol. The van der Waals surface area contributed by atoms with Gasteiger partial charge in [0, 0.05) is 11.8 Å². The molecular formula is C23H44O. The second-order valence-corrected chi connectivity index (χ2v) is 8.48. The first-order valence-corrected chi connectivity index (χ1v) is 10.2. The monoisotopic (exact) mass is 336 g/mol.